The lowest BCUT2D eigenvalue weighted by Gasteiger charge is -2.16. The van der Waals surface area contributed by atoms with Crippen LogP contribution in [0.15, 0.2) is 54.6 Å². The van der Waals surface area contributed by atoms with Gasteiger partial charge >= 0.3 is 5.97 Å². The first-order chi connectivity index (χ1) is 15.4. The van der Waals surface area contributed by atoms with Crippen molar-refractivity contribution in [1.29, 1.82) is 5.26 Å². The number of hydrogen-bond acceptors (Lipinski definition) is 6. The first-order valence-corrected chi connectivity index (χ1v) is 10.0. The zero-order valence-electron chi connectivity index (χ0n) is 18.4. The number of carbonyl (C=O) groups excluding carboxylic acids is 2. The number of allylic oxidation sites excluding steroid dienone is 1. The average molecular weight is 434 g/mol. The van der Waals surface area contributed by atoms with Crippen LogP contribution in [0, 0.1) is 18.3 Å². The summed E-state index contributed by atoms with van der Waals surface area (Å²) in [5.74, 6) is -0.277. The lowest BCUT2D eigenvalue weighted by molar-refractivity contribution is -0.142. The molecule has 32 heavy (non-hydrogen) atoms. The standard InChI is InChI=1S/C25H26N2O5/c1-5-7-19-12-18(14-22(31-6-2)24(19)32-16-23(28)30-4)13-20(15-26)25(29)27-21-10-8-17(3)9-11-21/h5,8-14H,1,6-7,16H2,2-4H3,(H,27,29)/b20-13-. The number of methoxy groups -OCH3 is 1. The van der Waals surface area contributed by atoms with Crippen LogP contribution in [0.3, 0.4) is 0 Å². The Bertz CT molecular complexity index is 1050. The maximum Gasteiger partial charge on any atom is 0.343 e. The van der Waals surface area contributed by atoms with Crippen LogP contribution in [0.5, 0.6) is 11.5 Å². The minimum atomic E-state index is -0.527. The van der Waals surface area contributed by atoms with E-state index in [1.165, 1.54) is 13.2 Å². The molecule has 0 heterocycles. The molecule has 0 aliphatic rings. The summed E-state index contributed by atoms with van der Waals surface area (Å²) in [6.07, 6.45) is 3.58. The summed E-state index contributed by atoms with van der Waals surface area (Å²) in [6.45, 7) is 7.59. The molecule has 7 nitrogen and oxygen atoms in total. The number of nitriles is 1. The molecule has 0 aliphatic carbocycles. The second-order valence-electron chi connectivity index (χ2n) is 6.79. The van der Waals surface area contributed by atoms with Gasteiger partial charge in [0.2, 0.25) is 0 Å². The topological polar surface area (TPSA) is 97.7 Å². The molecule has 0 spiro atoms. The summed E-state index contributed by atoms with van der Waals surface area (Å²) in [5.41, 5.74) is 2.85. The van der Waals surface area contributed by atoms with E-state index < -0.39 is 11.9 Å². The molecule has 0 aromatic heterocycles. The van der Waals surface area contributed by atoms with Crippen LogP contribution in [0.1, 0.15) is 23.6 Å². The molecule has 0 bridgehead atoms. The summed E-state index contributed by atoms with van der Waals surface area (Å²) in [7, 11) is 1.28. The Kier molecular flexibility index (Phi) is 9.05. The largest absolute Gasteiger partial charge is 0.490 e. The van der Waals surface area contributed by atoms with Crippen molar-refractivity contribution >= 4 is 23.6 Å². The van der Waals surface area contributed by atoms with E-state index in [0.29, 0.717) is 41.3 Å². The number of rotatable bonds is 10. The number of hydrogen-bond donors (Lipinski definition) is 1. The number of nitrogens with one attached hydrogen (secondary N) is 1. The highest BCUT2D eigenvalue weighted by Gasteiger charge is 2.16. The van der Waals surface area contributed by atoms with E-state index in [1.807, 2.05) is 32.0 Å². The SMILES string of the molecule is C=CCc1cc(/C=C(/C#N)C(=O)Nc2ccc(C)cc2)cc(OCC)c1OCC(=O)OC. The zero-order valence-corrected chi connectivity index (χ0v) is 18.4. The Morgan fingerprint density at radius 2 is 1.91 bits per heavy atom. The van der Waals surface area contributed by atoms with Gasteiger partial charge in [-0.3, -0.25) is 4.79 Å². The molecule has 7 heteroatoms. The lowest BCUT2D eigenvalue weighted by Crippen LogP contribution is -2.14. The van der Waals surface area contributed by atoms with E-state index in [9.17, 15) is 14.9 Å². The first kappa shape index (κ1) is 24.2. The molecule has 1 amide bonds. The number of nitrogens with zero attached hydrogens (tertiary/aromatic N) is 1. The van der Waals surface area contributed by atoms with Crippen molar-refractivity contribution in [2.45, 2.75) is 20.3 Å². The Balaban J connectivity index is 2.40. The van der Waals surface area contributed by atoms with E-state index in [2.05, 4.69) is 16.6 Å². The molecule has 0 radical (unpaired) electrons. The van der Waals surface area contributed by atoms with Crippen LogP contribution < -0.4 is 14.8 Å². The lowest BCUT2D eigenvalue weighted by atomic mass is 10.0. The van der Waals surface area contributed by atoms with Crippen LogP contribution in [0.4, 0.5) is 5.69 Å². The number of aryl methyl sites for hydroxylation is 1. The smallest absolute Gasteiger partial charge is 0.343 e. The van der Waals surface area contributed by atoms with Crippen molar-refractivity contribution < 1.29 is 23.8 Å². The highest BCUT2D eigenvalue weighted by molar-refractivity contribution is 6.09. The monoisotopic (exact) mass is 434 g/mol. The van der Waals surface area contributed by atoms with Gasteiger partial charge in [0.1, 0.15) is 11.6 Å². The molecule has 0 atom stereocenters. The van der Waals surface area contributed by atoms with Gasteiger partial charge in [0.25, 0.3) is 5.91 Å². The minimum Gasteiger partial charge on any atom is -0.490 e. The van der Waals surface area contributed by atoms with Crippen molar-refractivity contribution in [3.8, 4) is 17.6 Å². The second kappa shape index (κ2) is 12.0. The fourth-order valence-electron chi connectivity index (χ4n) is 2.84. The fraction of sp³-hybridized carbons (Fsp3) is 0.240. The maximum atomic E-state index is 12.6. The van der Waals surface area contributed by atoms with Gasteiger partial charge in [-0.05, 0) is 56.2 Å². The van der Waals surface area contributed by atoms with E-state index in [1.54, 1.807) is 30.3 Å². The van der Waals surface area contributed by atoms with Gasteiger partial charge in [-0.2, -0.15) is 5.26 Å². The highest BCUT2D eigenvalue weighted by atomic mass is 16.6. The van der Waals surface area contributed by atoms with Crippen molar-refractivity contribution in [2.24, 2.45) is 0 Å². The summed E-state index contributed by atoms with van der Waals surface area (Å²) >= 11 is 0. The third-order valence-electron chi connectivity index (χ3n) is 4.37. The van der Waals surface area contributed by atoms with Gasteiger partial charge in [0.05, 0.1) is 13.7 Å². The minimum absolute atomic E-state index is 0.0687. The van der Waals surface area contributed by atoms with Gasteiger partial charge in [-0.15, -0.1) is 6.58 Å². The van der Waals surface area contributed by atoms with E-state index in [-0.39, 0.29) is 12.2 Å². The summed E-state index contributed by atoms with van der Waals surface area (Å²) < 4.78 is 16.0. The molecule has 2 rings (SSSR count). The van der Waals surface area contributed by atoms with Gasteiger partial charge in [-0.25, -0.2) is 4.79 Å². The molecule has 0 saturated heterocycles. The molecule has 1 N–H and O–H groups in total. The Labute approximate surface area is 187 Å². The van der Waals surface area contributed by atoms with E-state index >= 15 is 0 Å². The highest BCUT2D eigenvalue weighted by Crippen LogP contribution is 2.35. The number of benzene rings is 2. The predicted molar refractivity (Wildman–Crippen MR) is 122 cm³/mol. The van der Waals surface area contributed by atoms with Crippen molar-refractivity contribution in [2.75, 3.05) is 25.6 Å². The van der Waals surface area contributed by atoms with Crippen LogP contribution in [-0.4, -0.2) is 32.2 Å². The molecule has 166 valence electrons. The Morgan fingerprint density at radius 1 is 1.19 bits per heavy atom. The third kappa shape index (κ3) is 6.74. The van der Waals surface area contributed by atoms with Crippen LogP contribution >= 0.6 is 0 Å². The molecule has 0 aliphatic heterocycles. The molecule has 2 aromatic carbocycles. The fourth-order valence-corrected chi connectivity index (χ4v) is 2.84. The predicted octanol–water partition coefficient (Wildman–Crippen LogP) is 4.22. The molecular formula is C25H26N2O5. The quantitative estimate of drug-likeness (QED) is 0.260. The van der Waals surface area contributed by atoms with Gasteiger partial charge in [0.15, 0.2) is 18.1 Å². The van der Waals surface area contributed by atoms with Gasteiger partial charge < -0.3 is 19.5 Å². The number of ether oxygens (including phenoxy) is 3. The van der Waals surface area contributed by atoms with Gasteiger partial charge in [-0.1, -0.05) is 23.8 Å². The number of esters is 1. The average Bonchev–Trinajstić information content (AvgIpc) is 2.78. The summed E-state index contributed by atoms with van der Waals surface area (Å²) in [5, 5.41) is 12.3. The second-order valence-corrected chi connectivity index (χ2v) is 6.79. The zero-order chi connectivity index (χ0) is 23.5. The first-order valence-electron chi connectivity index (χ1n) is 10.0. The normalized spacial score (nSPS) is 10.6. The van der Waals surface area contributed by atoms with E-state index in [4.69, 9.17) is 9.47 Å². The van der Waals surface area contributed by atoms with Crippen LogP contribution in [0.25, 0.3) is 6.08 Å². The summed E-state index contributed by atoms with van der Waals surface area (Å²) in [6, 6.07) is 12.6. The molecule has 2 aromatic rings. The van der Waals surface area contributed by atoms with Crippen LogP contribution in [-0.2, 0) is 20.7 Å². The molecule has 0 saturated carbocycles. The molecule has 0 unspecified atom stereocenters. The number of amides is 1. The molecule has 0 fully saturated rings. The van der Waals surface area contributed by atoms with Crippen LogP contribution in [0.2, 0.25) is 0 Å². The Hall–Kier alpha value is -4.05. The maximum absolute atomic E-state index is 12.6. The van der Waals surface area contributed by atoms with Crippen molar-refractivity contribution in [3.63, 3.8) is 0 Å². The number of anilines is 1. The Morgan fingerprint density at radius 3 is 2.50 bits per heavy atom. The summed E-state index contributed by atoms with van der Waals surface area (Å²) in [4.78, 5) is 24.1. The van der Waals surface area contributed by atoms with E-state index in [0.717, 1.165) is 5.56 Å². The van der Waals surface area contributed by atoms with Crippen molar-refractivity contribution in [3.05, 3.63) is 71.3 Å². The number of carbonyl (C=O) groups is 2. The van der Waals surface area contributed by atoms with Gasteiger partial charge in [0, 0.05) is 11.3 Å². The van der Waals surface area contributed by atoms with Crippen molar-refractivity contribution in [1.82, 2.24) is 0 Å². The molecular weight excluding hydrogens is 408 g/mol. The third-order valence-corrected chi connectivity index (χ3v) is 4.37.